The number of ether oxygens (including phenoxy) is 2. The number of nitrogens with zero attached hydrogens (tertiary/aromatic N) is 2. The summed E-state index contributed by atoms with van der Waals surface area (Å²) >= 11 is 5.50. The number of non-ortho nitro benzene ring substituents is 1. The summed E-state index contributed by atoms with van der Waals surface area (Å²) in [6, 6.07) is 5.54. The normalized spacial score (nSPS) is 16.8. The SMILES string of the molecule is CCCCN1C(=S)N[C@@H](c2cccc([N+](=O)[O-])c2)C(C(=O)OCCOC)=C1C. The number of methoxy groups -OCH3 is 1. The number of allylic oxidation sites excluding steroid dienone is 1. The topological polar surface area (TPSA) is 93.9 Å². The lowest BCUT2D eigenvalue weighted by Crippen LogP contribution is -2.48. The van der Waals surface area contributed by atoms with Crippen LogP contribution in [0.25, 0.3) is 0 Å². The second-order valence-corrected chi connectivity index (χ2v) is 6.75. The van der Waals surface area contributed by atoms with Gasteiger partial charge >= 0.3 is 5.97 Å². The minimum absolute atomic E-state index is 0.0524. The Balaban J connectivity index is 2.45. The molecule has 0 amide bonds. The Morgan fingerprint density at radius 2 is 2.14 bits per heavy atom. The van der Waals surface area contributed by atoms with Gasteiger partial charge in [-0.1, -0.05) is 25.5 Å². The van der Waals surface area contributed by atoms with Gasteiger partial charge in [-0.3, -0.25) is 10.1 Å². The van der Waals surface area contributed by atoms with Crippen LogP contribution in [0.4, 0.5) is 5.69 Å². The van der Waals surface area contributed by atoms with E-state index in [-0.39, 0.29) is 18.9 Å². The van der Waals surface area contributed by atoms with Gasteiger partial charge in [-0.05, 0) is 31.1 Å². The van der Waals surface area contributed by atoms with Crippen molar-refractivity contribution in [1.29, 1.82) is 0 Å². The molecule has 0 unspecified atom stereocenters. The number of hydrogen-bond donors (Lipinski definition) is 1. The number of carbonyl (C=O) groups is 1. The summed E-state index contributed by atoms with van der Waals surface area (Å²) in [5.74, 6) is -0.498. The molecule has 0 bridgehead atoms. The second-order valence-electron chi connectivity index (χ2n) is 6.37. The van der Waals surface area contributed by atoms with Gasteiger partial charge in [-0.2, -0.15) is 0 Å². The van der Waals surface area contributed by atoms with Crippen molar-refractivity contribution in [3.8, 4) is 0 Å². The maximum absolute atomic E-state index is 12.8. The molecule has 152 valence electrons. The van der Waals surface area contributed by atoms with Crippen molar-refractivity contribution in [2.75, 3.05) is 26.9 Å². The highest BCUT2D eigenvalue weighted by Gasteiger charge is 2.35. The van der Waals surface area contributed by atoms with Gasteiger partial charge in [0.1, 0.15) is 6.61 Å². The molecule has 2 rings (SSSR count). The van der Waals surface area contributed by atoms with E-state index in [9.17, 15) is 14.9 Å². The summed E-state index contributed by atoms with van der Waals surface area (Å²) in [4.78, 5) is 25.4. The highest BCUT2D eigenvalue weighted by Crippen LogP contribution is 2.33. The van der Waals surface area contributed by atoms with E-state index in [0.29, 0.717) is 28.5 Å². The molecular formula is C19H25N3O5S. The first-order chi connectivity index (χ1) is 13.4. The predicted octanol–water partition coefficient (Wildman–Crippen LogP) is 3.09. The molecule has 0 fully saturated rings. The molecule has 1 aromatic rings. The molecule has 1 atom stereocenters. The maximum Gasteiger partial charge on any atom is 0.338 e. The number of benzene rings is 1. The molecule has 8 nitrogen and oxygen atoms in total. The zero-order chi connectivity index (χ0) is 20.7. The van der Waals surface area contributed by atoms with E-state index in [0.717, 1.165) is 12.8 Å². The number of thiocarbonyl (C=S) groups is 1. The summed E-state index contributed by atoms with van der Waals surface area (Å²) in [6.45, 7) is 4.97. The van der Waals surface area contributed by atoms with Crippen LogP contribution < -0.4 is 5.32 Å². The van der Waals surface area contributed by atoms with Crippen molar-refractivity contribution >= 4 is 29.0 Å². The van der Waals surface area contributed by atoms with Gasteiger partial charge in [0.15, 0.2) is 5.11 Å². The Morgan fingerprint density at radius 1 is 1.39 bits per heavy atom. The van der Waals surface area contributed by atoms with Crippen LogP contribution in [0.1, 0.15) is 38.3 Å². The predicted molar refractivity (Wildman–Crippen MR) is 109 cm³/mol. The first-order valence-corrected chi connectivity index (χ1v) is 9.50. The molecule has 0 saturated heterocycles. The van der Waals surface area contributed by atoms with E-state index in [2.05, 4.69) is 12.2 Å². The van der Waals surface area contributed by atoms with Crippen molar-refractivity contribution in [3.05, 3.63) is 51.2 Å². The summed E-state index contributed by atoms with van der Waals surface area (Å²) in [6.07, 6.45) is 1.89. The Bertz CT molecular complexity index is 781. The van der Waals surface area contributed by atoms with E-state index in [1.54, 1.807) is 12.1 Å². The number of nitro groups is 1. The zero-order valence-corrected chi connectivity index (χ0v) is 17.1. The minimum atomic E-state index is -0.625. The fourth-order valence-corrected chi connectivity index (χ4v) is 3.34. The lowest BCUT2D eigenvalue weighted by Gasteiger charge is -2.37. The molecular weight excluding hydrogens is 382 g/mol. The molecule has 1 aliphatic heterocycles. The monoisotopic (exact) mass is 407 g/mol. The molecule has 0 saturated carbocycles. The van der Waals surface area contributed by atoms with Gasteiger partial charge in [0.2, 0.25) is 0 Å². The lowest BCUT2D eigenvalue weighted by atomic mass is 9.94. The second kappa shape index (κ2) is 10.1. The van der Waals surface area contributed by atoms with E-state index in [1.807, 2.05) is 11.8 Å². The zero-order valence-electron chi connectivity index (χ0n) is 16.3. The average molecular weight is 407 g/mol. The van der Waals surface area contributed by atoms with Crippen LogP contribution in [0.3, 0.4) is 0 Å². The van der Waals surface area contributed by atoms with Crippen molar-refractivity contribution in [2.45, 2.75) is 32.7 Å². The number of carbonyl (C=O) groups excluding carboxylic acids is 1. The number of nitro benzene ring substituents is 1. The molecule has 0 spiro atoms. The third-order valence-electron chi connectivity index (χ3n) is 4.49. The standard InChI is InChI=1S/C19H25N3O5S/c1-4-5-9-21-13(2)16(18(23)27-11-10-26-3)17(20-19(21)28)14-7-6-8-15(12-14)22(24)25/h6-8,12,17H,4-5,9-11H2,1-3H3,(H,20,28)/t17-/m0/s1. The van der Waals surface area contributed by atoms with E-state index >= 15 is 0 Å². The molecule has 1 aromatic carbocycles. The van der Waals surface area contributed by atoms with Gasteiger partial charge < -0.3 is 19.7 Å². The first kappa shape index (κ1) is 21.8. The van der Waals surface area contributed by atoms with Crippen molar-refractivity contribution in [1.82, 2.24) is 10.2 Å². The average Bonchev–Trinajstić information content (AvgIpc) is 2.67. The van der Waals surface area contributed by atoms with Crippen LogP contribution in [0.2, 0.25) is 0 Å². The van der Waals surface area contributed by atoms with Crippen LogP contribution in [0, 0.1) is 10.1 Å². The first-order valence-electron chi connectivity index (χ1n) is 9.09. The number of unbranched alkanes of at least 4 members (excludes halogenated alkanes) is 1. The van der Waals surface area contributed by atoms with Gasteiger partial charge in [0, 0.05) is 31.5 Å². The summed E-state index contributed by atoms with van der Waals surface area (Å²) < 4.78 is 10.3. The van der Waals surface area contributed by atoms with Gasteiger partial charge in [0.25, 0.3) is 5.69 Å². The maximum atomic E-state index is 12.8. The quantitative estimate of drug-likeness (QED) is 0.219. The number of nitrogens with one attached hydrogen (secondary N) is 1. The van der Waals surface area contributed by atoms with E-state index in [1.165, 1.54) is 19.2 Å². The molecule has 28 heavy (non-hydrogen) atoms. The van der Waals surface area contributed by atoms with Gasteiger partial charge in [-0.15, -0.1) is 0 Å². The Labute approximate surface area is 169 Å². The highest BCUT2D eigenvalue weighted by atomic mass is 32.1. The summed E-state index contributed by atoms with van der Waals surface area (Å²) in [5.41, 5.74) is 1.60. The fourth-order valence-electron chi connectivity index (χ4n) is 2.99. The molecule has 9 heteroatoms. The summed E-state index contributed by atoms with van der Waals surface area (Å²) in [7, 11) is 1.53. The Kier molecular flexibility index (Phi) is 7.89. The van der Waals surface area contributed by atoms with E-state index in [4.69, 9.17) is 21.7 Å². The summed E-state index contributed by atoms with van der Waals surface area (Å²) in [5, 5.41) is 14.8. The largest absolute Gasteiger partial charge is 0.460 e. The molecule has 0 radical (unpaired) electrons. The molecule has 1 aliphatic rings. The van der Waals surface area contributed by atoms with Crippen molar-refractivity contribution in [3.63, 3.8) is 0 Å². The van der Waals surface area contributed by atoms with E-state index < -0.39 is 16.9 Å². The molecule has 1 N–H and O–H groups in total. The van der Waals surface area contributed by atoms with Crippen LogP contribution in [-0.4, -0.2) is 47.8 Å². The smallest absolute Gasteiger partial charge is 0.338 e. The molecule has 1 heterocycles. The molecule has 0 aliphatic carbocycles. The third-order valence-corrected chi connectivity index (χ3v) is 4.82. The van der Waals surface area contributed by atoms with Crippen LogP contribution in [0.15, 0.2) is 35.5 Å². The van der Waals surface area contributed by atoms with Crippen molar-refractivity contribution in [2.24, 2.45) is 0 Å². The fraction of sp³-hybridized carbons (Fsp3) is 0.474. The van der Waals surface area contributed by atoms with Gasteiger partial charge in [-0.25, -0.2) is 4.79 Å². The lowest BCUT2D eigenvalue weighted by molar-refractivity contribution is -0.384. The number of esters is 1. The third kappa shape index (κ3) is 5.05. The Hall–Kier alpha value is -2.52. The van der Waals surface area contributed by atoms with Crippen LogP contribution in [0.5, 0.6) is 0 Å². The molecule has 0 aromatic heterocycles. The Morgan fingerprint density at radius 3 is 2.79 bits per heavy atom. The minimum Gasteiger partial charge on any atom is -0.460 e. The van der Waals surface area contributed by atoms with Gasteiger partial charge in [0.05, 0.1) is 23.1 Å². The highest BCUT2D eigenvalue weighted by molar-refractivity contribution is 7.80. The van der Waals surface area contributed by atoms with Crippen LogP contribution >= 0.6 is 12.2 Å². The van der Waals surface area contributed by atoms with Crippen LogP contribution in [-0.2, 0) is 14.3 Å². The number of hydrogen-bond acceptors (Lipinski definition) is 6. The van der Waals surface area contributed by atoms with Crippen molar-refractivity contribution < 1.29 is 19.2 Å². The number of rotatable bonds is 9.